The first kappa shape index (κ1) is 57.2. The lowest BCUT2D eigenvalue weighted by Gasteiger charge is -2.21. The number of benzene rings is 12. The summed E-state index contributed by atoms with van der Waals surface area (Å²) in [5.74, 6) is 2.92. The summed E-state index contributed by atoms with van der Waals surface area (Å²) in [7, 11) is 0. The normalized spacial score (nSPS) is 11.5. The van der Waals surface area contributed by atoms with Crippen molar-refractivity contribution in [1.82, 2.24) is 49.0 Å². The number of rotatable bonds is 13. The molecule has 18 rings (SSSR count). The lowest BCUT2D eigenvalue weighted by molar-refractivity contribution is 1.05. The second-order valence-electron chi connectivity index (χ2n) is 24.3. The molecule has 0 saturated carbocycles. The molecule has 0 saturated heterocycles. The average molecular weight is 1250 g/mol. The van der Waals surface area contributed by atoms with E-state index >= 15 is 0 Å². The van der Waals surface area contributed by atoms with Crippen LogP contribution in [0.5, 0.6) is 0 Å². The summed E-state index contributed by atoms with van der Waals surface area (Å²) in [4.78, 5) is 44.0. The standard InChI is InChI=1S/C88H56N10/c1-8-26-57(27-9-1)64-48-51-79-71(52-64)70-50-47-66(77-44-25-42-75(90-77)59-30-12-3-13-31-59)54-81(70)98(79)82-72(87-93-83(60-32-14-4-15-33-60)91-84(94-87)61-34-16-5-17-35-61)55-67(56-73(82)88-95-85(62-36-18-6-19-37-62)92-86(96-88)63-38-20-7-21-39-63)97-78-45-23-22-40-68(78)69-49-46-65(53-80(69)97)76-43-24-41-74(89-76)58-28-10-2-11-29-58/h1-56H. The van der Waals surface area contributed by atoms with Gasteiger partial charge in [-0.2, -0.15) is 0 Å². The molecule has 98 heavy (non-hydrogen) atoms. The van der Waals surface area contributed by atoms with Crippen LogP contribution in [0.15, 0.2) is 340 Å². The summed E-state index contributed by atoms with van der Waals surface area (Å²) in [6.45, 7) is 0. The van der Waals surface area contributed by atoms with Crippen LogP contribution in [0, 0.1) is 0 Å². The lowest BCUT2D eigenvalue weighted by Crippen LogP contribution is -2.09. The molecule has 458 valence electrons. The second-order valence-corrected chi connectivity index (χ2v) is 24.3. The number of hydrogen-bond donors (Lipinski definition) is 0. The monoisotopic (exact) mass is 1250 g/mol. The first-order valence-electron chi connectivity index (χ1n) is 32.7. The Morgan fingerprint density at radius 2 is 0.500 bits per heavy atom. The molecule has 0 amide bonds. The highest BCUT2D eigenvalue weighted by atomic mass is 15.1. The Labute approximate surface area is 564 Å². The van der Waals surface area contributed by atoms with Gasteiger partial charge in [-0.15, -0.1) is 0 Å². The Balaban J connectivity index is 1.01. The minimum atomic E-state index is 0.434. The van der Waals surface area contributed by atoms with Gasteiger partial charge in [0.1, 0.15) is 0 Å². The Morgan fingerprint density at radius 1 is 0.173 bits per heavy atom. The third-order valence-corrected chi connectivity index (χ3v) is 18.2. The van der Waals surface area contributed by atoms with Crippen LogP contribution in [0.3, 0.4) is 0 Å². The molecule has 0 N–H and O–H groups in total. The number of aromatic nitrogens is 10. The van der Waals surface area contributed by atoms with Crippen molar-refractivity contribution >= 4 is 43.6 Å². The van der Waals surface area contributed by atoms with Gasteiger partial charge in [-0.25, -0.2) is 39.9 Å². The van der Waals surface area contributed by atoms with Crippen molar-refractivity contribution in [3.8, 4) is 136 Å². The minimum absolute atomic E-state index is 0.434. The molecule has 0 atom stereocenters. The summed E-state index contributed by atoms with van der Waals surface area (Å²) in [5, 5.41) is 4.21. The van der Waals surface area contributed by atoms with E-state index < -0.39 is 0 Å². The van der Waals surface area contributed by atoms with Crippen molar-refractivity contribution in [3.05, 3.63) is 340 Å². The van der Waals surface area contributed by atoms with Crippen molar-refractivity contribution < 1.29 is 0 Å². The van der Waals surface area contributed by atoms with Crippen molar-refractivity contribution in [2.24, 2.45) is 0 Å². The van der Waals surface area contributed by atoms with E-state index in [1.165, 1.54) is 0 Å². The molecule has 0 aliphatic carbocycles. The smallest absolute Gasteiger partial charge is 0.166 e. The van der Waals surface area contributed by atoms with Crippen LogP contribution in [-0.4, -0.2) is 49.0 Å². The van der Waals surface area contributed by atoms with Gasteiger partial charge in [0.05, 0.1) is 50.5 Å². The highest BCUT2D eigenvalue weighted by Gasteiger charge is 2.29. The SMILES string of the molecule is c1ccc(-c2ccc3c(c2)c2ccc(-c4cccc(-c5ccccc5)n4)cc2n3-c2c(-c3nc(-c4ccccc4)nc(-c4ccccc4)n3)cc(-n3c4ccccc4c4ccc(-c5cccc(-c6ccccc6)n5)cc43)cc2-c2nc(-c3ccccc3)nc(-c3ccccc3)n2)cc1. The molecule has 0 unspecified atom stereocenters. The fourth-order valence-corrected chi connectivity index (χ4v) is 13.6. The van der Waals surface area contributed by atoms with Crippen molar-refractivity contribution in [2.45, 2.75) is 0 Å². The average Bonchev–Trinajstić information content (AvgIpc) is 1.52. The Kier molecular flexibility index (Phi) is 14.3. The van der Waals surface area contributed by atoms with Crippen LogP contribution < -0.4 is 0 Å². The van der Waals surface area contributed by atoms with E-state index in [-0.39, 0.29) is 0 Å². The second kappa shape index (κ2) is 24.5. The molecule has 0 radical (unpaired) electrons. The van der Waals surface area contributed by atoms with Gasteiger partial charge in [0.2, 0.25) is 0 Å². The molecule has 0 spiro atoms. The molecule has 0 fully saturated rings. The maximum absolute atomic E-state index is 5.67. The fourth-order valence-electron chi connectivity index (χ4n) is 13.6. The Hall–Kier alpha value is -13.4. The van der Waals surface area contributed by atoms with Crippen LogP contribution in [-0.2, 0) is 0 Å². The number of hydrogen-bond acceptors (Lipinski definition) is 8. The molecule has 6 heterocycles. The molecule has 10 nitrogen and oxygen atoms in total. The topological polar surface area (TPSA) is 113 Å². The van der Waals surface area contributed by atoms with Crippen LogP contribution in [0.25, 0.3) is 179 Å². The third kappa shape index (κ3) is 10.5. The number of fused-ring (bicyclic) bond motifs is 6. The summed E-state index contributed by atoms with van der Waals surface area (Å²) in [5.41, 5.74) is 19.7. The highest BCUT2D eigenvalue weighted by Crippen LogP contribution is 2.46. The van der Waals surface area contributed by atoms with Gasteiger partial charge in [-0.05, 0) is 77.9 Å². The number of pyridine rings is 2. The van der Waals surface area contributed by atoms with Gasteiger partial charge < -0.3 is 9.13 Å². The summed E-state index contributed by atoms with van der Waals surface area (Å²) in [6, 6.07) is 118. The molecular weight excluding hydrogens is 1200 g/mol. The quantitative estimate of drug-likeness (QED) is 0.112. The van der Waals surface area contributed by atoms with Crippen LogP contribution in [0.1, 0.15) is 0 Å². The van der Waals surface area contributed by atoms with Crippen LogP contribution in [0.4, 0.5) is 0 Å². The van der Waals surface area contributed by atoms with E-state index in [2.05, 4.69) is 264 Å². The minimum Gasteiger partial charge on any atom is -0.309 e. The van der Waals surface area contributed by atoms with Gasteiger partial charge in [0.25, 0.3) is 0 Å². The Bertz CT molecular complexity index is 5760. The van der Waals surface area contributed by atoms with E-state index in [0.29, 0.717) is 46.1 Å². The summed E-state index contributed by atoms with van der Waals surface area (Å²) < 4.78 is 4.75. The molecule has 0 bridgehead atoms. The summed E-state index contributed by atoms with van der Waals surface area (Å²) >= 11 is 0. The van der Waals surface area contributed by atoms with E-state index in [1.54, 1.807) is 0 Å². The van der Waals surface area contributed by atoms with Crippen molar-refractivity contribution in [1.29, 1.82) is 0 Å². The largest absolute Gasteiger partial charge is 0.309 e. The molecule has 12 aromatic carbocycles. The first-order chi connectivity index (χ1) is 48.6. The maximum atomic E-state index is 5.67. The maximum Gasteiger partial charge on any atom is 0.166 e. The molecule has 18 aromatic rings. The Morgan fingerprint density at radius 3 is 0.939 bits per heavy atom. The fraction of sp³-hybridized carbons (Fsp3) is 0. The van der Waals surface area contributed by atoms with Crippen molar-refractivity contribution in [2.75, 3.05) is 0 Å². The zero-order chi connectivity index (χ0) is 64.9. The van der Waals surface area contributed by atoms with Crippen LogP contribution >= 0.6 is 0 Å². The van der Waals surface area contributed by atoms with Gasteiger partial charge in [-0.1, -0.05) is 273 Å². The first-order valence-corrected chi connectivity index (χ1v) is 32.7. The lowest BCUT2D eigenvalue weighted by atomic mass is 10.0. The van der Waals surface area contributed by atoms with Gasteiger partial charge in [0, 0.05) is 82.9 Å². The molecule has 0 aliphatic heterocycles. The van der Waals surface area contributed by atoms with E-state index in [4.69, 9.17) is 39.9 Å². The van der Waals surface area contributed by atoms with Gasteiger partial charge in [0.15, 0.2) is 34.9 Å². The molecule has 10 heteroatoms. The molecular formula is C88H56N10. The predicted molar refractivity (Wildman–Crippen MR) is 397 cm³/mol. The molecule has 0 aliphatic rings. The van der Waals surface area contributed by atoms with Gasteiger partial charge >= 0.3 is 0 Å². The number of nitrogens with zero attached hydrogens (tertiary/aromatic N) is 10. The van der Waals surface area contributed by atoms with E-state index in [0.717, 1.165) is 133 Å². The third-order valence-electron chi connectivity index (χ3n) is 18.2. The zero-order valence-corrected chi connectivity index (χ0v) is 52.8. The van der Waals surface area contributed by atoms with Crippen LogP contribution in [0.2, 0.25) is 0 Å². The predicted octanol–water partition coefficient (Wildman–Crippen LogP) is 21.4. The van der Waals surface area contributed by atoms with E-state index in [9.17, 15) is 0 Å². The zero-order valence-electron chi connectivity index (χ0n) is 52.8. The molecule has 6 aromatic heterocycles. The van der Waals surface area contributed by atoms with Gasteiger partial charge in [-0.3, -0.25) is 0 Å². The van der Waals surface area contributed by atoms with Crippen molar-refractivity contribution in [3.63, 3.8) is 0 Å². The summed E-state index contributed by atoms with van der Waals surface area (Å²) in [6.07, 6.45) is 0. The highest BCUT2D eigenvalue weighted by molar-refractivity contribution is 6.14. The number of para-hydroxylation sites is 1. The van der Waals surface area contributed by atoms with E-state index in [1.807, 2.05) is 84.9 Å².